The van der Waals surface area contributed by atoms with Gasteiger partial charge in [0.2, 0.25) is 0 Å². The van der Waals surface area contributed by atoms with Crippen LogP contribution in [0.4, 0.5) is 4.79 Å². The SMILES string of the molecule is CC1(C)C2(/C=N\NC(N)=O)N=NC1(c1ccccc1)C1CCCC12. The Morgan fingerprint density at radius 2 is 1.96 bits per heavy atom. The largest absolute Gasteiger partial charge is 0.350 e. The molecule has 4 unspecified atom stereocenters. The fourth-order valence-corrected chi connectivity index (χ4v) is 5.58. The molecule has 24 heavy (non-hydrogen) atoms. The Labute approximate surface area is 141 Å². The number of azo groups is 1. The number of amides is 2. The Hall–Kier alpha value is -2.24. The van der Waals surface area contributed by atoms with E-state index in [9.17, 15) is 4.79 Å². The summed E-state index contributed by atoms with van der Waals surface area (Å²) in [5, 5.41) is 13.7. The Bertz CT molecular complexity index is 728. The van der Waals surface area contributed by atoms with E-state index >= 15 is 0 Å². The number of carbonyl (C=O) groups is 1. The third-order valence-corrected chi connectivity index (χ3v) is 6.60. The smallest absolute Gasteiger partial charge is 0.332 e. The number of rotatable bonds is 3. The van der Waals surface area contributed by atoms with Crippen molar-refractivity contribution in [3.05, 3.63) is 35.9 Å². The van der Waals surface area contributed by atoms with Crippen LogP contribution >= 0.6 is 0 Å². The fraction of sp³-hybridized carbons (Fsp3) is 0.556. The lowest BCUT2D eigenvalue weighted by molar-refractivity contribution is 0.171. The van der Waals surface area contributed by atoms with Gasteiger partial charge < -0.3 is 5.73 Å². The molecule has 6 heteroatoms. The van der Waals surface area contributed by atoms with Crippen LogP contribution in [0.5, 0.6) is 0 Å². The fourth-order valence-electron chi connectivity index (χ4n) is 5.58. The predicted molar refractivity (Wildman–Crippen MR) is 91.5 cm³/mol. The zero-order valence-electron chi connectivity index (χ0n) is 14.1. The number of carbonyl (C=O) groups excluding carboxylic acids is 1. The van der Waals surface area contributed by atoms with Crippen LogP contribution in [0.3, 0.4) is 0 Å². The highest BCUT2D eigenvalue weighted by Crippen LogP contribution is 2.73. The van der Waals surface area contributed by atoms with Crippen molar-refractivity contribution in [1.82, 2.24) is 5.43 Å². The molecule has 126 valence electrons. The lowest BCUT2D eigenvalue weighted by Gasteiger charge is -2.40. The first kappa shape index (κ1) is 15.3. The van der Waals surface area contributed by atoms with E-state index in [4.69, 9.17) is 16.0 Å². The Morgan fingerprint density at radius 3 is 2.67 bits per heavy atom. The maximum atomic E-state index is 11.0. The molecule has 4 atom stereocenters. The zero-order valence-corrected chi connectivity index (χ0v) is 14.1. The highest BCUT2D eigenvalue weighted by Gasteiger charge is 2.77. The summed E-state index contributed by atoms with van der Waals surface area (Å²) in [6, 6.07) is 9.84. The summed E-state index contributed by atoms with van der Waals surface area (Å²) in [6.45, 7) is 4.46. The molecule has 2 saturated carbocycles. The molecule has 4 rings (SSSR count). The van der Waals surface area contributed by atoms with Gasteiger partial charge in [0.05, 0.1) is 6.21 Å². The number of hydrazone groups is 1. The Morgan fingerprint density at radius 1 is 1.25 bits per heavy atom. The topological polar surface area (TPSA) is 92.2 Å². The second-order valence-electron chi connectivity index (χ2n) is 7.66. The highest BCUT2D eigenvalue weighted by molar-refractivity contribution is 5.78. The molecule has 2 bridgehead atoms. The zero-order chi connectivity index (χ0) is 17.0. The molecule has 1 aromatic rings. The molecule has 1 aliphatic heterocycles. The molecule has 1 heterocycles. The van der Waals surface area contributed by atoms with Gasteiger partial charge >= 0.3 is 6.03 Å². The second kappa shape index (κ2) is 4.88. The average Bonchev–Trinajstić information content (AvgIpc) is 3.16. The summed E-state index contributed by atoms with van der Waals surface area (Å²) in [5.41, 5.74) is 7.66. The maximum Gasteiger partial charge on any atom is 0.332 e. The van der Waals surface area contributed by atoms with Crippen molar-refractivity contribution in [2.45, 2.75) is 44.2 Å². The summed E-state index contributed by atoms with van der Waals surface area (Å²) in [7, 11) is 0. The number of nitrogens with zero attached hydrogens (tertiary/aromatic N) is 3. The number of urea groups is 1. The first-order chi connectivity index (χ1) is 11.5. The summed E-state index contributed by atoms with van der Waals surface area (Å²) < 4.78 is 0. The van der Waals surface area contributed by atoms with Crippen molar-refractivity contribution in [2.24, 2.45) is 38.3 Å². The minimum absolute atomic E-state index is 0.222. The maximum absolute atomic E-state index is 11.0. The van der Waals surface area contributed by atoms with Crippen LogP contribution in [0.25, 0.3) is 0 Å². The van der Waals surface area contributed by atoms with Crippen molar-refractivity contribution < 1.29 is 4.79 Å². The van der Waals surface area contributed by atoms with Crippen molar-refractivity contribution >= 4 is 12.2 Å². The second-order valence-corrected chi connectivity index (χ2v) is 7.66. The van der Waals surface area contributed by atoms with Crippen molar-refractivity contribution in [1.29, 1.82) is 0 Å². The summed E-state index contributed by atoms with van der Waals surface area (Å²) in [4.78, 5) is 11.0. The summed E-state index contributed by atoms with van der Waals surface area (Å²) in [6.07, 6.45) is 5.23. The summed E-state index contributed by atoms with van der Waals surface area (Å²) >= 11 is 0. The minimum atomic E-state index is -0.661. The number of primary amides is 1. The molecule has 6 nitrogen and oxygen atoms in total. The molecule has 0 saturated heterocycles. The van der Waals surface area contributed by atoms with E-state index in [1.807, 2.05) is 6.07 Å². The number of hydrogen-bond donors (Lipinski definition) is 2. The van der Waals surface area contributed by atoms with Gasteiger partial charge in [0.15, 0.2) is 0 Å². The van der Waals surface area contributed by atoms with E-state index in [0.717, 1.165) is 12.8 Å². The molecule has 2 fully saturated rings. The molecule has 0 spiro atoms. The summed E-state index contributed by atoms with van der Waals surface area (Å²) in [5.74, 6) is 0.844. The third-order valence-electron chi connectivity index (χ3n) is 6.60. The number of nitrogens with one attached hydrogen (secondary N) is 1. The quantitative estimate of drug-likeness (QED) is 0.648. The molecule has 3 N–H and O–H groups in total. The molecular weight excluding hydrogens is 302 g/mol. The van der Waals surface area contributed by atoms with E-state index in [2.05, 4.69) is 48.6 Å². The van der Waals surface area contributed by atoms with Crippen molar-refractivity contribution in [2.75, 3.05) is 0 Å². The molecule has 0 radical (unpaired) electrons. The van der Waals surface area contributed by atoms with Gasteiger partial charge in [-0.3, -0.25) is 0 Å². The van der Waals surface area contributed by atoms with Gasteiger partial charge in [-0.15, -0.1) is 0 Å². The van der Waals surface area contributed by atoms with Gasteiger partial charge in [0, 0.05) is 5.41 Å². The van der Waals surface area contributed by atoms with Crippen LogP contribution in [0, 0.1) is 17.3 Å². The number of fused-ring (bicyclic) bond motifs is 5. The molecular formula is C18H23N5O. The van der Waals surface area contributed by atoms with Gasteiger partial charge in [-0.05, 0) is 30.2 Å². The van der Waals surface area contributed by atoms with E-state index in [0.29, 0.717) is 11.8 Å². The first-order valence-electron chi connectivity index (χ1n) is 8.55. The van der Waals surface area contributed by atoms with Gasteiger partial charge in [-0.25, -0.2) is 10.2 Å². The normalized spacial score (nSPS) is 38.6. The van der Waals surface area contributed by atoms with E-state index in [1.165, 1.54) is 12.0 Å². The minimum Gasteiger partial charge on any atom is -0.350 e. The van der Waals surface area contributed by atoms with Crippen molar-refractivity contribution in [3.8, 4) is 0 Å². The average molecular weight is 325 g/mol. The van der Waals surface area contributed by atoms with Crippen LogP contribution < -0.4 is 11.2 Å². The lowest BCUT2D eigenvalue weighted by atomic mass is 9.63. The molecule has 2 aliphatic carbocycles. The number of benzene rings is 1. The van der Waals surface area contributed by atoms with E-state index in [-0.39, 0.29) is 11.0 Å². The highest BCUT2D eigenvalue weighted by atomic mass is 16.2. The number of nitrogens with two attached hydrogens (primary N) is 1. The molecule has 1 aromatic carbocycles. The van der Waals surface area contributed by atoms with Gasteiger partial charge in [-0.1, -0.05) is 50.6 Å². The molecule has 2 amide bonds. The third kappa shape index (κ3) is 1.61. The Kier molecular flexibility index (Phi) is 3.11. The molecule has 0 aromatic heterocycles. The standard InChI is InChI=1S/C18H23N5O/c1-16(2)17(11-20-21-15(19)24)13-9-6-10-14(13)18(16,23-22-17)12-7-4-3-5-8-12/h3-5,7-8,11,13-14H,6,9-10H2,1-2H3,(H3,19,21,24)/b20-11-. The molecule has 3 aliphatic rings. The van der Waals surface area contributed by atoms with Crippen LogP contribution in [0.15, 0.2) is 45.7 Å². The van der Waals surface area contributed by atoms with E-state index in [1.54, 1.807) is 6.21 Å². The van der Waals surface area contributed by atoms with Crippen LogP contribution in [-0.4, -0.2) is 17.8 Å². The number of hydrogen-bond acceptors (Lipinski definition) is 4. The lowest BCUT2D eigenvalue weighted by Crippen LogP contribution is -2.48. The van der Waals surface area contributed by atoms with Gasteiger partial charge in [0.1, 0.15) is 11.1 Å². The van der Waals surface area contributed by atoms with Crippen LogP contribution in [-0.2, 0) is 5.54 Å². The van der Waals surface area contributed by atoms with Crippen LogP contribution in [0.2, 0.25) is 0 Å². The van der Waals surface area contributed by atoms with E-state index < -0.39 is 11.6 Å². The van der Waals surface area contributed by atoms with Gasteiger partial charge in [0.25, 0.3) is 0 Å². The van der Waals surface area contributed by atoms with Crippen LogP contribution in [0.1, 0.15) is 38.7 Å². The van der Waals surface area contributed by atoms with Crippen molar-refractivity contribution in [3.63, 3.8) is 0 Å². The Balaban J connectivity index is 1.85. The van der Waals surface area contributed by atoms with Gasteiger partial charge in [-0.2, -0.15) is 15.3 Å². The monoisotopic (exact) mass is 325 g/mol. The first-order valence-corrected chi connectivity index (χ1v) is 8.55. The predicted octanol–water partition coefficient (Wildman–Crippen LogP) is 3.20.